The van der Waals surface area contributed by atoms with Crippen molar-refractivity contribution >= 4 is 0 Å². The number of nitrogens with zero attached hydrogens (tertiary/aromatic N) is 3. The molecule has 1 aromatic heterocycles. The summed E-state index contributed by atoms with van der Waals surface area (Å²) in [6.45, 7) is 15.1. The van der Waals surface area contributed by atoms with Crippen molar-refractivity contribution in [3.05, 3.63) is 23.3 Å². The van der Waals surface area contributed by atoms with Crippen molar-refractivity contribution in [3.63, 3.8) is 0 Å². The van der Waals surface area contributed by atoms with E-state index in [2.05, 4.69) is 51.4 Å². The Balaban J connectivity index is 2.29. The fraction of sp³-hybridized carbons (Fsp3) is 0.714. The molecule has 0 bridgehead atoms. The zero-order valence-corrected chi connectivity index (χ0v) is 11.8. The minimum Gasteiger partial charge on any atom is -0.288 e. The summed E-state index contributed by atoms with van der Waals surface area (Å²) < 4.78 is 0. The highest BCUT2D eigenvalue weighted by molar-refractivity contribution is 5.24. The molecule has 1 aliphatic heterocycles. The SMILES string of the molecule is CC(C)(C)c1ncc2c(n1)CN(C(C)(C)C)C2. The monoisotopic (exact) mass is 233 g/mol. The van der Waals surface area contributed by atoms with Crippen LogP contribution >= 0.6 is 0 Å². The Morgan fingerprint density at radius 3 is 2.24 bits per heavy atom. The molecule has 0 unspecified atom stereocenters. The molecule has 0 amide bonds. The fourth-order valence-corrected chi connectivity index (χ4v) is 1.99. The van der Waals surface area contributed by atoms with Crippen LogP contribution in [0.5, 0.6) is 0 Å². The summed E-state index contributed by atoms with van der Waals surface area (Å²) in [6.07, 6.45) is 2.01. The third-order valence-electron chi connectivity index (χ3n) is 3.28. The second-order valence-corrected chi connectivity index (χ2v) is 6.94. The van der Waals surface area contributed by atoms with Gasteiger partial charge in [0, 0.05) is 35.8 Å². The van der Waals surface area contributed by atoms with E-state index in [0.29, 0.717) is 0 Å². The van der Waals surface area contributed by atoms with E-state index in [1.807, 2.05) is 6.20 Å². The zero-order valence-electron chi connectivity index (χ0n) is 11.8. The summed E-state index contributed by atoms with van der Waals surface area (Å²) in [7, 11) is 0. The van der Waals surface area contributed by atoms with Crippen LogP contribution in [-0.4, -0.2) is 20.4 Å². The third kappa shape index (κ3) is 2.49. The van der Waals surface area contributed by atoms with Crippen LogP contribution in [0.15, 0.2) is 6.20 Å². The second-order valence-electron chi connectivity index (χ2n) is 6.94. The van der Waals surface area contributed by atoms with Crippen LogP contribution in [0.1, 0.15) is 58.6 Å². The van der Waals surface area contributed by atoms with Gasteiger partial charge in [-0.1, -0.05) is 20.8 Å². The van der Waals surface area contributed by atoms with Crippen LogP contribution in [0.25, 0.3) is 0 Å². The van der Waals surface area contributed by atoms with Gasteiger partial charge in [-0.05, 0) is 20.8 Å². The minimum absolute atomic E-state index is 0.0319. The molecule has 3 heteroatoms. The molecular weight excluding hydrogens is 210 g/mol. The summed E-state index contributed by atoms with van der Waals surface area (Å²) >= 11 is 0. The number of hydrogen-bond acceptors (Lipinski definition) is 3. The number of fused-ring (bicyclic) bond motifs is 1. The standard InChI is InChI=1S/C14H23N3/c1-13(2,3)12-15-7-10-8-17(14(4,5)6)9-11(10)16-12/h7H,8-9H2,1-6H3. The topological polar surface area (TPSA) is 29.0 Å². The van der Waals surface area contributed by atoms with Crippen LogP contribution in [0, 0.1) is 0 Å². The smallest absolute Gasteiger partial charge is 0.133 e. The Kier molecular flexibility index (Phi) is 2.77. The average molecular weight is 233 g/mol. The van der Waals surface area contributed by atoms with Crippen LogP contribution in [0.2, 0.25) is 0 Å². The summed E-state index contributed by atoms with van der Waals surface area (Å²) in [6, 6.07) is 0. The predicted octanol–water partition coefficient (Wildman–Crippen LogP) is 2.89. The molecule has 94 valence electrons. The molecular formula is C14H23N3. The Hall–Kier alpha value is -0.960. The summed E-state index contributed by atoms with van der Waals surface area (Å²) in [5.41, 5.74) is 2.72. The molecule has 0 aromatic carbocycles. The molecule has 17 heavy (non-hydrogen) atoms. The first kappa shape index (κ1) is 12.5. The van der Waals surface area contributed by atoms with Gasteiger partial charge in [0.1, 0.15) is 5.82 Å². The molecule has 1 aromatic rings. The molecule has 0 saturated carbocycles. The van der Waals surface area contributed by atoms with Gasteiger partial charge in [0.05, 0.1) is 5.69 Å². The average Bonchev–Trinajstić information content (AvgIpc) is 2.57. The van der Waals surface area contributed by atoms with Crippen molar-refractivity contribution in [2.24, 2.45) is 0 Å². The summed E-state index contributed by atoms with van der Waals surface area (Å²) in [5, 5.41) is 0. The Morgan fingerprint density at radius 1 is 1.06 bits per heavy atom. The van der Waals surface area contributed by atoms with Gasteiger partial charge < -0.3 is 0 Å². The van der Waals surface area contributed by atoms with Gasteiger partial charge in [0.15, 0.2) is 0 Å². The van der Waals surface area contributed by atoms with Gasteiger partial charge in [0.2, 0.25) is 0 Å². The van der Waals surface area contributed by atoms with Crippen molar-refractivity contribution in [2.45, 2.75) is 65.6 Å². The molecule has 0 fully saturated rings. The minimum atomic E-state index is 0.0319. The maximum Gasteiger partial charge on any atom is 0.133 e. The van der Waals surface area contributed by atoms with Gasteiger partial charge in [-0.15, -0.1) is 0 Å². The molecule has 0 aliphatic carbocycles. The molecule has 0 saturated heterocycles. The van der Waals surface area contributed by atoms with Crippen LogP contribution < -0.4 is 0 Å². The van der Waals surface area contributed by atoms with Gasteiger partial charge in [0.25, 0.3) is 0 Å². The summed E-state index contributed by atoms with van der Waals surface area (Å²) in [5.74, 6) is 0.951. The van der Waals surface area contributed by atoms with Gasteiger partial charge in [-0.3, -0.25) is 4.90 Å². The highest BCUT2D eigenvalue weighted by Gasteiger charge is 2.30. The van der Waals surface area contributed by atoms with E-state index < -0.39 is 0 Å². The molecule has 0 N–H and O–H groups in total. The molecule has 2 heterocycles. The molecule has 0 spiro atoms. The van der Waals surface area contributed by atoms with Crippen LogP contribution in [0.4, 0.5) is 0 Å². The largest absolute Gasteiger partial charge is 0.288 e. The van der Waals surface area contributed by atoms with E-state index in [0.717, 1.165) is 18.9 Å². The highest BCUT2D eigenvalue weighted by atomic mass is 15.2. The Bertz CT molecular complexity index is 424. The van der Waals surface area contributed by atoms with Crippen molar-refractivity contribution in [1.29, 1.82) is 0 Å². The van der Waals surface area contributed by atoms with Crippen molar-refractivity contribution in [1.82, 2.24) is 14.9 Å². The highest BCUT2D eigenvalue weighted by Crippen LogP contribution is 2.29. The first-order valence-electron chi connectivity index (χ1n) is 6.28. The lowest BCUT2D eigenvalue weighted by molar-refractivity contribution is 0.135. The van der Waals surface area contributed by atoms with Gasteiger partial charge in [-0.25, -0.2) is 9.97 Å². The predicted molar refractivity (Wildman–Crippen MR) is 69.7 cm³/mol. The second kappa shape index (κ2) is 3.77. The van der Waals surface area contributed by atoms with Crippen LogP contribution in [-0.2, 0) is 18.5 Å². The molecule has 0 radical (unpaired) electrons. The van der Waals surface area contributed by atoms with Crippen molar-refractivity contribution in [3.8, 4) is 0 Å². The lowest BCUT2D eigenvalue weighted by Gasteiger charge is -2.30. The molecule has 3 nitrogen and oxygen atoms in total. The fourth-order valence-electron chi connectivity index (χ4n) is 1.99. The van der Waals surface area contributed by atoms with Crippen molar-refractivity contribution < 1.29 is 0 Å². The van der Waals surface area contributed by atoms with E-state index in [1.54, 1.807) is 0 Å². The molecule has 1 aliphatic rings. The lowest BCUT2D eigenvalue weighted by atomic mass is 9.95. The number of aromatic nitrogens is 2. The third-order valence-corrected chi connectivity index (χ3v) is 3.28. The van der Waals surface area contributed by atoms with Crippen molar-refractivity contribution in [2.75, 3.05) is 0 Å². The van der Waals surface area contributed by atoms with E-state index in [-0.39, 0.29) is 11.0 Å². The normalized spacial score (nSPS) is 17.3. The first-order chi connectivity index (χ1) is 7.68. The Morgan fingerprint density at radius 2 is 1.71 bits per heavy atom. The molecule has 0 atom stereocenters. The maximum atomic E-state index is 4.74. The lowest BCUT2D eigenvalue weighted by Crippen LogP contribution is -2.36. The maximum absolute atomic E-state index is 4.74. The molecule has 2 rings (SSSR count). The zero-order chi connectivity index (χ0) is 12.8. The quantitative estimate of drug-likeness (QED) is 0.690. The number of rotatable bonds is 0. The number of hydrogen-bond donors (Lipinski definition) is 0. The van der Waals surface area contributed by atoms with Gasteiger partial charge in [-0.2, -0.15) is 0 Å². The Labute approximate surface area is 104 Å². The van der Waals surface area contributed by atoms with E-state index in [4.69, 9.17) is 4.98 Å². The first-order valence-corrected chi connectivity index (χ1v) is 6.28. The summed E-state index contributed by atoms with van der Waals surface area (Å²) in [4.78, 5) is 11.7. The van der Waals surface area contributed by atoms with E-state index in [1.165, 1.54) is 11.3 Å². The van der Waals surface area contributed by atoms with Gasteiger partial charge >= 0.3 is 0 Å². The van der Waals surface area contributed by atoms with Crippen LogP contribution in [0.3, 0.4) is 0 Å². The van der Waals surface area contributed by atoms with E-state index in [9.17, 15) is 0 Å². The van der Waals surface area contributed by atoms with E-state index >= 15 is 0 Å².